The van der Waals surface area contributed by atoms with Crippen molar-refractivity contribution in [3.8, 4) is 0 Å². The number of ether oxygens (including phenoxy) is 1. The van der Waals surface area contributed by atoms with Crippen LogP contribution in [0.4, 0.5) is 0 Å². The Morgan fingerprint density at radius 2 is 2.20 bits per heavy atom. The third-order valence-electron chi connectivity index (χ3n) is 4.30. The first-order valence-electron chi connectivity index (χ1n) is 8.65. The fourth-order valence-electron chi connectivity index (χ4n) is 2.97. The zero-order chi connectivity index (χ0) is 21.8. The van der Waals surface area contributed by atoms with Gasteiger partial charge in [-0.15, -0.1) is 23.1 Å². The molecule has 2 aliphatic rings. The van der Waals surface area contributed by atoms with Gasteiger partial charge in [-0.1, -0.05) is 17.3 Å². The number of fused-ring (bicyclic) bond motifs is 1. The highest BCUT2D eigenvalue weighted by Crippen LogP contribution is 2.40. The number of carbonyl (C=O) groups excluding carboxylic acids is 3. The first-order chi connectivity index (χ1) is 14.4. The number of oxime groups is 1. The standard InChI is InChI=1S/C18H17N3O7S2/c1-2-4-11(22)28-7-9-8-30-17-13(16(24)21(17)14(9)18(25)26)19-15(23)12(20-27)10-5-3-6-29-10/h2-6,13,17,27H,7-8H2,1H3,(H,19,23)(H,25,26)/b4-2+,20-12+/t13-,17-/m1/s1. The molecule has 2 atom stereocenters. The summed E-state index contributed by atoms with van der Waals surface area (Å²) in [7, 11) is 0. The van der Waals surface area contributed by atoms with Crippen molar-refractivity contribution in [2.45, 2.75) is 18.3 Å². The van der Waals surface area contributed by atoms with E-state index in [4.69, 9.17) is 9.94 Å². The molecule has 1 saturated heterocycles. The van der Waals surface area contributed by atoms with Crippen LogP contribution in [0.5, 0.6) is 0 Å². The van der Waals surface area contributed by atoms with Crippen LogP contribution in [0.15, 0.2) is 46.1 Å². The molecule has 10 nitrogen and oxygen atoms in total. The van der Waals surface area contributed by atoms with Gasteiger partial charge in [0.05, 0.1) is 4.88 Å². The number of allylic oxidation sites excluding steroid dienone is 1. The number of thiophene rings is 1. The van der Waals surface area contributed by atoms with Gasteiger partial charge in [0.25, 0.3) is 11.8 Å². The van der Waals surface area contributed by atoms with Crippen LogP contribution in [0.2, 0.25) is 0 Å². The molecule has 0 saturated carbocycles. The van der Waals surface area contributed by atoms with Crippen molar-refractivity contribution in [1.82, 2.24) is 10.2 Å². The van der Waals surface area contributed by atoms with Crippen LogP contribution in [0, 0.1) is 0 Å². The molecule has 1 fully saturated rings. The number of rotatable bonds is 7. The van der Waals surface area contributed by atoms with Crippen molar-refractivity contribution in [3.05, 3.63) is 45.8 Å². The van der Waals surface area contributed by atoms with E-state index in [-0.39, 0.29) is 29.3 Å². The molecule has 0 spiro atoms. The van der Waals surface area contributed by atoms with Crippen molar-refractivity contribution < 1.29 is 34.2 Å². The Morgan fingerprint density at radius 1 is 1.43 bits per heavy atom. The molecule has 12 heteroatoms. The normalized spacial score (nSPS) is 21.3. The molecule has 0 aliphatic carbocycles. The summed E-state index contributed by atoms with van der Waals surface area (Å²) in [4.78, 5) is 49.8. The van der Waals surface area contributed by atoms with Crippen LogP contribution in [-0.4, -0.2) is 68.5 Å². The number of carboxylic acid groups (broad SMARTS) is 1. The van der Waals surface area contributed by atoms with E-state index in [0.717, 1.165) is 4.90 Å². The number of hydrogen-bond donors (Lipinski definition) is 3. The molecular weight excluding hydrogens is 434 g/mol. The van der Waals surface area contributed by atoms with Gasteiger partial charge in [-0.3, -0.25) is 14.5 Å². The summed E-state index contributed by atoms with van der Waals surface area (Å²) in [5.74, 6) is -3.10. The Morgan fingerprint density at radius 3 is 2.80 bits per heavy atom. The second-order valence-corrected chi connectivity index (χ2v) is 8.20. The minimum absolute atomic E-state index is 0.206. The highest BCUT2D eigenvalue weighted by molar-refractivity contribution is 8.00. The molecule has 0 bridgehead atoms. The average Bonchev–Trinajstić information content (AvgIpc) is 3.24. The summed E-state index contributed by atoms with van der Waals surface area (Å²) < 4.78 is 5.01. The zero-order valence-corrected chi connectivity index (χ0v) is 17.2. The average molecular weight is 451 g/mol. The number of aliphatic carboxylic acids is 1. The molecule has 3 N–H and O–H groups in total. The highest BCUT2D eigenvalue weighted by Gasteiger charge is 2.54. The Balaban J connectivity index is 1.73. The molecule has 1 aromatic rings. The van der Waals surface area contributed by atoms with Crippen molar-refractivity contribution >= 4 is 52.6 Å². The lowest BCUT2D eigenvalue weighted by atomic mass is 10.0. The molecular formula is C18H17N3O7S2. The van der Waals surface area contributed by atoms with Crippen molar-refractivity contribution in [1.29, 1.82) is 0 Å². The van der Waals surface area contributed by atoms with E-state index in [0.29, 0.717) is 4.88 Å². The Bertz CT molecular complexity index is 968. The second-order valence-electron chi connectivity index (χ2n) is 6.15. The van der Waals surface area contributed by atoms with Gasteiger partial charge in [0.2, 0.25) is 0 Å². The van der Waals surface area contributed by atoms with Gasteiger partial charge in [0.1, 0.15) is 23.7 Å². The van der Waals surface area contributed by atoms with E-state index in [1.54, 1.807) is 24.4 Å². The first-order valence-corrected chi connectivity index (χ1v) is 10.6. The summed E-state index contributed by atoms with van der Waals surface area (Å²) in [6.07, 6.45) is 2.70. The molecule has 0 aromatic carbocycles. The molecule has 3 rings (SSSR count). The van der Waals surface area contributed by atoms with Gasteiger partial charge < -0.3 is 20.4 Å². The topological polar surface area (TPSA) is 146 Å². The molecule has 2 aliphatic heterocycles. The molecule has 2 amide bonds. The lowest BCUT2D eigenvalue weighted by Crippen LogP contribution is -2.71. The van der Waals surface area contributed by atoms with E-state index in [1.165, 1.54) is 35.3 Å². The molecule has 1 aromatic heterocycles. The van der Waals surface area contributed by atoms with E-state index in [9.17, 15) is 24.3 Å². The van der Waals surface area contributed by atoms with E-state index in [2.05, 4.69) is 10.5 Å². The molecule has 3 heterocycles. The van der Waals surface area contributed by atoms with Crippen LogP contribution in [0.1, 0.15) is 11.8 Å². The number of amides is 2. The summed E-state index contributed by atoms with van der Waals surface area (Å²) in [5.41, 5.74) is -0.199. The maximum atomic E-state index is 12.6. The number of carbonyl (C=O) groups is 4. The summed E-state index contributed by atoms with van der Waals surface area (Å²) in [5, 5.41) is 25.3. The first kappa shape index (κ1) is 21.6. The van der Waals surface area contributed by atoms with Crippen LogP contribution in [0.25, 0.3) is 0 Å². The summed E-state index contributed by atoms with van der Waals surface area (Å²) in [6, 6.07) is 2.30. The van der Waals surface area contributed by atoms with Crippen LogP contribution in [-0.2, 0) is 23.9 Å². The fraction of sp³-hybridized carbons (Fsp3) is 0.278. The zero-order valence-electron chi connectivity index (χ0n) is 15.6. The van der Waals surface area contributed by atoms with Crippen molar-refractivity contribution in [2.75, 3.05) is 12.4 Å². The van der Waals surface area contributed by atoms with Gasteiger partial charge in [-0.25, -0.2) is 9.59 Å². The number of nitrogens with one attached hydrogen (secondary N) is 1. The fourth-order valence-corrected chi connectivity index (χ4v) is 5.00. The third kappa shape index (κ3) is 4.09. The molecule has 158 valence electrons. The van der Waals surface area contributed by atoms with Crippen LogP contribution in [0.3, 0.4) is 0 Å². The number of esters is 1. The number of hydrogen-bond acceptors (Lipinski definition) is 9. The molecule has 30 heavy (non-hydrogen) atoms. The predicted octanol–water partition coefficient (Wildman–Crippen LogP) is 0.784. The lowest BCUT2D eigenvalue weighted by molar-refractivity contribution is -0.150. The monoisotopic (exact) mass is 451 g/mol. The Hall–Kier alpha value is -3.12. The minimum atomic E-state index is -1.33. The second kappa shape index (κ2) is 9.13. The predicted molar refractivity (Wildman–Crippen MR) is 108 cm³/mol. The third-order valence-corrected chi connectivity index (χ3v) is 6.51. The van der Waals surface area contributed by atoms with Gasteiger partial charge in [-0.05, 0) is 18.4 Å². The van der Waals surface area contributed by atoms with Gasteiger partial charge >= 0.3 is 11.9 Å². The number of thioether (sulfide) groups is 1. The van der Waals surface area contributed by atoms with Gasteiger partial charge in [0.15, 0.2) is 5.71 Å². The van der Waals surface area contributed by atoms with E-state index < -0.39 is 35.2 Å². The smallest absolute Gasteiger partial charge is 0.352 e. The summed E-state index contributed by atoms with van der Waals surface area (Å²) in [6.45, 7) is 1.38. The Kier molecular flexibility index (Phi) is 6.57. The highest BCUT2D eigenvalue weighted by atomic mass is 32.2. The van der Waals surface area contributed by atoms with Crippen molar-refractivity contribution in [2.24, 2.45) is 5.16 Å². The van der Waals surface area contributed by atoms with Crippen LogP contribution < -0.4 is 5.32 Å². The Labute approximate surface area is 178 Å². The van der Waals surface area contributed by atoms with Gasteiger partial charge in [0, 0.05) is 17.4 Å². The minimum Gasteiger partial charge on any atom is -0.477 e. The number of nitrogens with zero attached hydrogens (tertiary/aromatic N) is 2. The lowest BCUT2D eigenvalue weighted by Gasteiger charge is -2.49. The maximum Gasteiger partial charge on any atom is 0.352 e. The quantitative estimate of drug-likeness (QED) is 0.138. The number of carboxylic acids is 1. The summed E-state index contributed by atoms with van der Waals surface area (Å²) >= 11 is 2.43. The maximum absolute atomic E-state index is 12.6. The molecule has 0 unspecified atom stereocenters. The van der Waals surface area contributed by atoms with Crippen LogP contribution >= 0.6 is 23.1 Å². The SMILES string of the molecule is C/C=C/C(=O)OCC1=C(C(=O)O)N2C(=O)[C@@H](NC(=O)/C(=N/O)c3cccs3)[C@H]2SC1. The van der Waals surface area contributed by atoms with Crippen molar-refractivity contribution in [3.63, 3.8) is 0 Å². The largest absolute Gasteiger partial charge is 0.477 e. The molecule has 0 radical (unpaired) electrons. The van der Waals surface area contributed by atoms with E-state index >= 15 is 0 Å². The van der Waals surface area contributed by atoms with E-state index in [1.807, 2.05) is 0 Å². The number of β-lactam (4-membered cyclic amide) rings is 1. The van der Waals surface area contributed by atoms with Gasteiger partial charge in [-0.2, -0.15) is 0 Å².